The van der Waals surface area contributed by atoms with Crippen molar-refractivity contribution in [2.24, 2.45) is 11.3 Å². The smallest absolute Gasteiger partial charge is 0.0000455 e. The van der Waals surface area contributed by atoms with Crippen molar-refractivity contribution in [1.82, 2.24) is 0 Å². The highest BCUT2D eigenvalue weighted by Crippen LogP contribution is 2.35. The Morgan fingerprint density at radius 3 is 2.23 bits per heavy atom. The van der Waals surface area contributed by atoms with Crippen LogP contribution in [-0.4, -0.2) is 4.43 Å². The van der Waals surface area contributed by atoms with Crippen LogP contribution in [0.1, 0.15) is 59.8 Å². The lowest BCUT2D eigenvalue weighted by atomic mass is 9.76. The van der Waals surface area contributed by atoms with Crippen molar-refractivity contribution in [2.45, 2.75) is 59.8 Å². The molecule has 0 amide bonds. The van der Waals surface area contributed by atoms with Crippen molar-refractivity contribution >= 4 is 22.6 Å². The second-order valence-corrected chi connectivity index (χ2v) is 6.03. The largest absolute Gasteiger partial charge is 0.0864 e. The summed E-state index contributed by atoms with van der Waals surface area (Å²) in [7, 11) is 0. The van der Waals surface area contributed by atoms with E-state index in [4.69, 9.17) is 0 Å². The molecule has 1 atom stereocenters. The second kappa shape index (κ2) is 7.08. The number of unbranched alkanes of at least 4 members (excludes halogenated alkanes) is 1. The van der Waals surface area contributed by atoms with Crippen molar-refractivity contribution in [2.75, 3.05) is 4.43 Å². The monoisotopic (exact) mass is 296 g/mol. The highest BCUT2D eigenvalue weighted by molar-refractivity contribution is 14.1. The summed E-state index contributed by atoms with van der Waals surface area (Å²) in [5.74, 6) is 0.852. The summed E-state index contributed by atoms with van der Waals surface area (Å²) in [6, 6.07) is 0. The molecule has 0 aliphatic heterocycles. The molecule has 13 heavy (non-hydrogen) atoms. The summed E-state index contributed by atoms with van der Waals surface area (Å²) in [4.78, 5) is 0. The molecule has 0 aromatic rings. The quantitative estimate of drug-likeness (QED) is 0.455. The molecular weight excluding hydrogens is 271 g/mol. The molecule has 0 saturated carbocycles. The SMILES string of the molecule is CCCCC(C)(CCI)CC(C)C. The van der Waals surface area contributed by atoms with Gasteiger partial charge in [-0.1, -0.05) is 63.1 Å². The zero-order valence-electron chi connectivity index (χ0n) is 9.70. The van der Waals surface area contributed by atoms with Gasteiger partial charge < -0.3 is 0 Å². The number of hydrogen-bond donors (Lipinski definition) is 0. The maximum absolute atomic E-state index is 2.51. The van der Waals surface area contributed by atoms with E-state index in [1.807, 2.05) is 0 Å². The summed E-state index contributed by atoms with van der Waals surface area (Å²) in [5, 5.41) is 0. The number of alkyl halides is 1. The molecule has 1 heteroatoms. The Hall–Kier alpha value is 0.730. The Bertz CT molecular complexity index is 120. The van der Waals surface area contributed by atoms with E-state index in [0.717, 1.165) is 5.92 Å². The molecule has 80 valence electrons. The third-order valence-corrected chi connectivity index (χ3v) is 3.27. The Labute approximate surface area is 98.0 Å². The normalized spacial score (nSPS) is 16.2. The summed E-state index contributed by atoms with van der Waals surface area (Å²) < 4.78 is 1.31. The van der Waals surface area contributed by atoms with Gasteiger partial charge in [0.05, 0.1) is 0 Å². The third-order valence-electron chi connectivity index (χ3n) is 2.73. The van der Waals surface area contributed by atoms with Gasteiger partial charge in [-0.2, -0.15) is 0 Å². The lowest BCUT2D eigenvalue weighted by Gasteiger charge is -2.31. The van der Waals surface area contributed by atoms with Gasteiger partial charge in [0.15, 0.2) is 0 Å². The first kappa shape index (κ1) is 13.7. The van der Waals surface area contributed by atoms with Crippen LogP contribution < -0.4 is 0 Å². The third kappa shape index (κ3) is 6.75. The molecule has 0 nitrogen and oxygen atoms in total. The van der Waals surface area contributed by atoms with E-state index >= 15 is 0 Å². The lowest BCUT2D eigenvalue weighted by Crippen LogP contribution is -2.19. The molecule has 0 heterocycles. The predicted molar refractivity (Wildman–Crippen MR) is 70.6 cm³/mol. The molecule has 0 spiro atoms. The Morgan fingerprint density at radius 2 is 1.85 bits per heavy atom. The fourth-order valence-corrected chi connectivity index (χ4v) is 3.45. The first-order valence-corrected chi connectivity index (χ1v) is 7.12. The second-order valence-electron chi connectivity index (χ2n) is 4.95. The summed E-state index contributed by atoms with van der Waals surface area (Å²) in [5.41, 5.74) is 0.616. The van der Waals surface area contributed by atoms with Gasteiger partial charge in [0.1, 0.15) is 0 Å². The van der Waals surface area contributed by atoms with Crippen LogP contribution in [-0.2, 0) is 0 Å². The highest BCUT2D eigenvalue weighted by Gasteiger charge is 2.23. The van der Waals surface area contributed by atoms with Crippen LogP contribution in [0.5, 0.6) is 0 Å². The van der Waals surface area contributed by atoms with Crippen molar-refractivity contribution in [3.63, 3.8) is 0 Å². The number of halogens is 1. The number of rotatable bonds is 7. The molecule has 0 aliphatic carbocycles. The molecule has 0 radical (unpaired) electrons. The zero-order chi connectivity index (χ0) is 10.3. The summed E-state index contributed by atoms with van der Waals surface area (Å²) >= 11 is 2.51. The predicted octanol–water partition coefficient (Wildman–Crippen LogP) is 5.05. The van der Waals surface area contributed by atoms with Crippen molar-refractivity contribution in [3.05, 3.63) is 0 Å². The number of hydrogen-bond acceptors (Lipinski definition) is 0. The zero-order valence-corrected chi connectivity index (χ0v) is 11.9. The minimum Gasteiger partial charge on any atom is -0.0864 e. The van der Waals surface area contributed by atoms with Gasteiger partial charge >= 0.3 is 0 Å². The maximum atomic E-state index is 2.51. The Kier molecular flexibility index (Phi) is 7.48. The van der Waals surface area contributed by atoms with Crippen LogP contribution in [0.3, 0.4) is 0 Å². The first-order chi connectivity index (χ1) is 6.04. The topological polar surface area (TPSA) is 0 Å². The van der Waals surface area contributed by atoms with Crippen molar-refractivity contribution in [3.8, 4) is 0 Å². The summed E-state index contributed by atoms with van der Waals surface area (Å²) in [6.07, 6.45) is 6.96. The fourth-order valence-electron chi connectivity index (χ4n) is 2.15. The highest BCUT2D eigenvalue weighted by atomic mass is 127. The average molecular weight is 296 g/mol. The first-order valence-electron chi connectivity index (χ1n) is 5.60. The van der Waals surface area contributed by atoms with Gasteiger partial charge in [-0.25, -0.2) is 0 Å². The molecule has 0 rings (SSSR count). The fraction of sp³-hybridized carbons (Fsp3) is 1.00. The van der Waals surface area contributed by atoms with E-state index in [2.05, 4.69) is 50.3 Å². The van der Waals surface area contributed by atoms with Crippen molar-refractivity contribution in [1.29, 1.82) is 0 Å². The minimum atomic E-state index is 0.616. The van der Waals surface area contributed by atoms with Gasteiger partial charge in [0, 0.05) is 4.43 Å². The van der Waals surface area contributed by atoms with Gasteiger partial charge in [-0.05, 0) is 30.6 Å². The standard InChI is InChI=1S/C12H25I/c1-5-6-7-12(4,8-9-13)10-11(2)3/h11H,5-10H2,1-4H3. The maximum Gasteiger partial charge on any atom is 0.0000455 e. The van der Waals surface area contributed by atoms with E-state index < -0.39 is 0 Å². The lowest BCUT2D eigenvalue weighted by molar-refractivity contribution is 0.223. The minimum absolute atomic E-state index is 0.616. The molecule has 0 aromatic heterocycles. The average Bonchev–Trinajstić information content (AvgIpc) is 2.00. The van der Waals surface area contributed by atoms with Crippen LogP contribution in [0.15, 0.2) is 0 Å². The summed E-state index contributed by atoms with van der Waals surface area (Å²) in [6.45, 7) is 9.45. The van der Waals surface area contributed by atoms with E-state index in [1.54, 1.807) is 0 Å². The molecular formula is C12H25I. The van der Waals surface area contributed by atoms with Gasteiger partial charge in [0.2, 0.25) is 0 Å². The van der Waals surface area contributed by atoms with E-state index in [0.29, 0.717) is 5.41 Å². The Morgan fingerprint density at radius 1 is 1.23 bits per heavy atom. The van der Waals surface area contributed by atoms with E-state index in [1.165, 1.54) is 36.5 Å². The molecule has 0 N–H and O–H groups in total. The molecule has 0 aromatic carbocycles. The molecule has 0 aliphatic rings. The van der Waals surface area contributed by atoms with Crippen LogP contribution in [0.2, 0.25) is 0 Å². The van der Waals surface area contributed by atoms with Crippen LogP contribution in [0, 0.1) is 11.3 Å². The van der Waals surface area contributed by atoms with Gasteiger partial charge in [-0.15, -0.1) is 0 Å². The van der Waals surface area contributed by atoms with Crippen LogP contribution in [0.4, 0.5) is 0 Å². The van der Waals surface area contributed by atoms with Crippen LogP contribution in [0.25, 0.3) is 0 Å². The van der Waals surface area contributed by atoms with Crippen LogP contribution >= 0.6 is 22.6 Å². The molecule has 0 bridgehead atoms. The van der Waals surface area contributed by atoms with E-state index in [9.17, 15) is 0 Å². The Balaban J connectivity index is 3.99. The van der Waals surface area contributed by atoms with E-state index in [-0.39, 0.29) is 0 Å². The molecule has 0 fully saturated rings. The van der Waals surface area contributed by atoms with Gasteiger partial charge in [0.25, 0.3) is 0 Å². The van der Waals surface area contributed by atoms with Gasteiger partial charge in [-0.3, -0.25) is 0 Å². The molecule has 1 unspecified atom stereocenters. The van der Waals surface area contributed by atoms with Crippen molar-refractivity contribution < 1.29 is 0 Å². The molecule has 0 saturated heterocycles.